The smallest absolute Gasteiger partial charge is 0.317 e. The van der Waals surface area contributed by atoms with E-state index in [0.29, 0.717) is 24.9 Å². The van der Waals surface area contributed by atoms with Crippen LogP contribution in [0.15, 0.2) is 52.3 Å². The van der Waals surface area contributed by atoms with Crippen molar-refractivity contribution < 1.29 is 9.21 Å². The van der Waals surface area contributed by atoms with Crippen molar-refractivity contribution in [3.63, 3.8) is 0 Å². The molecule has 2 amide bonds. The van der Waals surface area contributed by atoms with Gasteiger partial charge < -0.3 is 14.6 Å². The van der Waals surface area contributed by atoms with E-state index in [-0.39, 0.29) is 11.9 Å². The van der Waals surface area contributed by atoms with Gasteiger partial charge in [0.15, 0.2) is 0 Å². The quantitative estimate of drug-likeness (QED) is 0.758. The number of piperidine rings is 1. The summed E-state index contributed by atoms with van der Waals surface area (Å²) in [6, 6.07) is 13.8. The lowest BCUT2D eigenvalue weighted by Gasteiger charge is -2.31. The largest absolute Gasteiger partial charge is 0.420 e. The molecule has 3 aromatic rings. The Hall–Kier alpha value is -2.67. The van der Waals surface area contributed by atoms with Gasteiger partial charge in [0.25, 0.3) is 5.89 Å². The Balaban J connectivity index is 1.37. The van der Waals surface area contributed by atoms with E-state index in [1.54, 1.807) is 11.3 Å². The van der Waals surface area contributed by atoms with Gasteiger partial charge in [-0.1, -0.05) is 36.4 Å². The second-order valence-corrected chi connectivity index (χ2v) is 7.30. The number of carbonyl (C=O) groups excluding carboxylic acids is 1. The van der Waals surface area contributed by atoms with E-state index in [1.165, 1.54) is 0 Å². The SMILES string of the molecule is O=C(NCc1ccccc1)N1CCCC(c2nnc(-c3cccs3)o2)C1. The fraction of sp³-hybridized carbons (Fsp3) is 0.316. The van der Waals surface area contributed by atoms with Crippen LogP contribution in [0.2, 0.25) is 0 Å². The lowest BCUT2D eigenvalue weighted by Crippen LogP contribution is -2.44. The van der Waals surface area contributed by atoms with Gasteiger partial charge in [-0.25, -0.2) is 4.79 Å². The Morgan fingerprint density at radius 2 is 2.12 bits per heavy atom. The van der Waals surface area contributed by atoms with Gasteiger partial charge in [-0.15, -0.1) is 21.5 Å². The number of hydrogen-bond acceptors (Lipinski definition) is 5. The summed E-state index contributed by atoms with van der Waals surface area (Å²) in [5.74, 6) is 1.27. The summed E-state index contributed by atoms with van der Waals surface area (Å²) in [6.07, 6.45) is 1.88. The van der Waals surface area contributed by atoms with Crippen molar-refractivity contribution in [1.29, 1.82) is 0 Å². The molecule has 26 heavy (non-hydrogen) atoms. The Bertz CT molecular complexity index is 848. The van der Waals surface area contributed by atoms with Crippen molar-refractivity contribution in [3.8, 4) is 10.8 Å². The molecule has 1 saturated heterocycles. The zero-order chi connectivity index (χ0) is 17.8. The number of amides is 2. The van der Waals surface area contributed by atoms with E-state index in [0.717, 1.165) is 29.8 Å². The lowest BCUT2D eigenvalue weighted by molar-refractivity contribution is 0.174. The van der Waals surface area contributed by atoms with Crippen molar-refractivity contribution in [1.82, 2.24) is 20.4 Å². The van der Waals surface area contributed by atoms with Gasteiger partial charge in [-0.05, 0) is 29.9 Å². The molecule has 1 aliphatic heterocycles. The molecule has 0 saturated carbocycles. The fourth-order valence-electron chi connectivity index (χ4n) is 3.15. The molecule has 7 heteroatoms. The predicted molar refractivity (Wildman–Crippen MR) is 99.8 cm³/mol. The van der Waals surface area contributed by atoms with Crippen molar-refractivity contribution in [2.24, 2.45) is 0 Å². The topological polar surface area (TPSA) is 71.3 Å². The number of rotatable bonds is 4. The number of nitrogens with zero attached hydrogens (tertiary/aromatic N) is 3. The van der Waals surface area contributed by atoms with Crippen molar-refractivity contribution in [3.05, 3.63) is 59.3 Å². The van der Waals surface area contributed by atoms with Crippen molar-refractivity contribution in [2.75, 3.05) is 13.1 Å². The number of carbonyl (C=O) groups is 1. The van der Waals surface area contributed by atoms with Crippen LogP contribution in [0.5, 0.6) is 0 Å². The summed E-state index contributed by atoms with van der Waals surface area (Å²) >= 11 is 1.58. The third kappa shape index (κ3) is 3.77. The van der Waals surface area contributed by atoms with E-state index >= 15 is 0 Å². The molecule has 0 radical (unpaired) electrons. The van der Waals surface area contributed by atoms with Crippen LogP contribution in [-0.2, 0) is 6.54 Å². The van der Waals surface area contributed by atoms with Crippen LogP contribution in [0.25, 0.3) is 10.8 Å². The van der Waals surface area contributed by atoms with Gasteiger partial charge in [0.1, 0.15) is 0 Å². The minimum atomic E-state index is -0.0449. The molecule has 134 valence electrons. The molecule has 1 N–H and O–H groups in total. The summed E-state index contributed by atoms with van der Waals surface area (Å²) < 4.78 is 5.85. The van der Waals surface area contributed by atoms with Crippen LogP contribution in [0.1, 0.15) is 30.2 Å². The average molecular weight is 368 g/mol. The molecule has 1 atom stereocenters. The van der Waals surface area contributed by atoms with E-state index in [4.69, 9.17) is 4.42 Å². The van der Waals surface area contributed by atoms with Gasteiger partial charge >= 0.3 is 6.03 Å². The Labute approximate surface area is 155 Å². The molecular weight excluding hydrogens is 348 g/mol. The third-order valence-electron chi connectivity index (χ3n) is 4.52. The fourth-order valence-corrected chi connectivity index (χ4v) is 3.79. The van der Waals surface area contributed by atoms with Gasteiger partial charge in [0.2, 0.25) is 5.89 Å². The highest BCUT2D eigenvalue weighted by Gasteiger charge is 2.28. The van der Waals surface area contributed by atoms with Gasteiger partial charge in [-0.2, -0.15) is 0 Å². The van der Waals surface area contributed by atoms with Crippen LogP contribution >= 0.6 is 11.3 Å². The first-order chi connectivity index (χ1) is 12.8. The Morgan fingerprint density at radius 3 is 2.92 bits per heavy atom. The Morgan fingerprint density at radius 1 is 1.23 bits per heavy atom. The first-order valence-corrected chi connectivity index (χ1v) is 9.61. The third-order valence-corrected chi connectivity index (χ3v) is 5.37. The molecule has 2 aromatic heterocycles. The zero-order valence-electron chi connectivity index (χ0n) is 14.3. The normalized spacial score (nSPS) is 17.2. The maximum atomic E-state index is 12.5. The molecular formula is C19H20N4O2S. The highest BCUT2D eigenvalue weighted by Crippen LogP contribution is 2.29. The number of likely N-dealkylation sites (tertiary alicyclic amines) is 1. The minimum absolute atomic E-state index is 0.0449. The maximum absolute atomic E-state index is 12.5. The van der Waals surface area contributed by atoms with Crippen LogP contribution in [0.4, 0.5) is 4.79 Å². The van der Waals surface area contributed by atoms with E-state index in [1.807, 2.05) is 52.7 Å². The number of hydrogen-bond donors (Lipinski definition) is 1. The summed E-state index contributed by atoms with van der Waals surface area (Å²) in [5.41, 5.74) is 1.09. The molecule has 0 aliphatic carbocycles. The van der Waals surface area contributed by atoms with Crippen LogP contribution in [0, 0.1) is 0 Å². The predicted octanol–water partition coefficient (Wildman–Crippen LogP) is 3.89. The molecule has 0 spiro atoms. The second-order valence-electron chi connectivity index (χ2n) is 6.35. The van der Waals surface area contributed by atoms with Crippen LogP contribution in [0.3, 0.4) is 0 Å². The van der Waals surface area contributed by atoms with Crippen LogP contribution < -0.4 is 5.32 Å². The molecule has 1 fully saturated rings. The number of benzene rings is 1. The highest BCUT2D eigenvalue weighted by atomic mass is 32.1. The molecule has 0 bridgehead atoms. The molecule has 4 rings (SSSR count). The van der Waals surface area contributed by atoms with Gasteiger partial charge in [0.05, 0.1) is 10.8 Å². The first-order valence-electron chi connectivity index (χ1n) is 8.73. The lowest BCUT2D eigenvalue weighted by atomic mass is 9.98. The van der Waals surface area contributed by atoms with Gasteiger partial charge in [-0.3, -0.25) is 0 Å². The van der Waals surface area contributed by atoms with Crippen molar-refractivity contribution >= 4 is 17.4 Å². The number of aromatic nitrogens is 2. The van der Waals surface area contributed by atoms with Crippen LogP contribution in [-0.4, -0.2) is 34.2 Å². The molecule has 1 aromatic carbocycles. The highest BCUT2D eigenvalue weighted by molar-refractivity contribution is 7.13. The number of nitrogens with one attached hydrogen (secondary N) is 1. The van der Waals surface area contributed by atoms with E-state index in [2.05, 4.69) is 15.5 Å². The summed E-state index contributed by atoms with van der Waals surface area (Å²) in [7, 11) is 0. The van der Waals surface area contributed by atoms with E-state index in [9.17, 15) is 4.79 Å². The zero-order valence-corrected chi connectivity index (χ0v) is 15.1. The minimum Gasteiger partial charge on any atom is -0.420 e. The van der Waals surface area contributed by atoms with E-state index < -0.39 is 0 Å². The standard InChI is InChI=1S/C19H20N4O2S/c24-19(20-12-14-6-2-1-3-7-14)23-10-4-8-15(13-23)17-21-22-18(25-17)16-9-5-11-26-16/h1-3,5-7,9,11,15H,4,8,10,12-13H2,(H,20,24). The number of thiophene rings is 1. The average Bonchev–Trinajstić information content (AvgIpc) is 3.38. The summed E-state index contributed by atoms with van der Waals surface area (Å²) in [6.45, 7) is 1.89. The molecule has 1 aliphatic rings. The molecule has 3 heterocycles. The molecule has 6 nitrogen and oxygen atoms in total. The second kappa shape index (κ2) is 7.70. The molecule has 1 unspecified atom stereocenters. The maximum Gasteiger partial charge on any atom is 0.317 e. The summed E-state index contributed by atoms with van der Waals surface area (Å²) in [5, 5.41) is 13.3. The monoisotopic (exact) mass is 368 g/mol. The first kappa shape index (κ1) is 16.8. The Kier molecular flexibility index (Phi) is 4.97. The number of urea groups is 1. The summed E-state index contributed by atoms with van der Waals surface area (Å²) in [4.78, 5) is 15.3. The van der Waals surface area contributed by atoms with Gasteiger partial charge in [0, 0.05) is 19.6 Å². The van der Waals surface area contributed by atoms with Crippen molar-refractivity contribution in [2.45, 2.75) is 25.3 Å².